The van der Waals surface area contributed by atoms with Crippen LogP contribution >= 0.6 is 0 Å². The van der Waals surface area contributed by atoms with Crippen LogP contribution in [0.25, 0.3) is 38.6 Å². The number of aromatic nitrogens is 3. The fourth-order valence-electron chi connectivity index (χ4n) is 4.72. The summed E-state index contributed by atoms with van der Waals surface area (Å²) in [7, 11) is 1.67. The van der Waals surface area contributed by atoms with E-state index in [0.29, 0.717) is 6.61 Å². The van der Waals surface area contributed by atoms with Gasteiger partial charge in [-0.2, -0.15) is 5.10 Å². The molecule has 2 N–H and O–H groups in total. The first-order valence-corrected chi connectivity index (χ1v) is 10.9. The van der Waals surface area contributed by atoms with E-state index in [9.17, 15) is 14.3 Å². The van der Waals surface area contributed by atoms with Crippen molar-refractivity contribution in [1.82, 2.24) is 14.8 Å². The molecule has 5 aromatic rings. The van der Waals surface area contributed by atoms with E-state index in [4.69, 9.17) is 4.74 Å². The van der Waals surface area contributed by atoms with Crippen molar-refractivity contribution in [2.45, 2.75) is 19.3 Å². The molecule has 6 nitrogen and oxygen atoms in total. The Hall–Kier alpha value is -3.97. The smallest absolute Gasteiger partial charge is 0.335 e. The molecule has 0 aliphatic rings. The zero-order valence-corrected chi connectivity index (χ0v) is 19.1. The average Bonchev–Trinajstić information content (AvgIpc) is 3.40. The summed E-state index contributed by atoms with van der Waals surface area (Å²) in [6, 6.07) is 17.4. The van der Waals surface area contributed by atoms with E-state index in [1.54, 1.807) is 37.6 Å². The summed E-state index contributed by atoms with van der Waals surface area (Å²) < 4.78 is 21.6. The minimum absolute atomic E-state index is 0.222. The molecule has 172 valence electrons. The number of halogens is 1. The molecule has 0 atom stereocenters. The van der Waals surface area contributed by atoms with Gasteiger partial charge in [0.1, 0.15) is 5.82 Å². The van der Waals surface area contributed by atoms with Crippen molar-refractivity contribution in [3.05, 3.63) is 83.9 Å². The lowest BCUT2D eigenvalue weighted by Crippen LogP contribution is -2.27. The maximum atomic E-state index is 13.8. The van der Waals surface area contributed by atoms with Crippen LogP contribution in [0, 0.1) is 5.82 Å². The molecule has 0 saturated heterocycles. The van der Waals surface area contributed by atoms with Crippen molar-refractivity contribution in [3.63, 3.8) is 0 Å². The molecule has 2 heterocycles. The number of nitrogens with zero attached hydrogens (tertiary/aromatic N) is 2. The van der Waals surface area contributed by atoms with Gasteiger partial charge in [0.25, 0.3) is 0 Å². The maximum absolute atomic E-state index is 13.8. The molecule has 7 heteroatoms. The lowest BCUT2D eigenvalue weighted by Gasteiger charge is -2.28. The third-order valence-corrected chi connectivity index (χ3v) is 6.18. The van der Waals surface area contributed by atoms with Crippen LogP contribution in [-0.4, -0.2) is 39.6 Å². The zero-order valence-electron chi connectivity index (χ0n) is 19.1. The predicted octanol–water partition coefficient (Wildman–Crippen LogP) is 5.94. The molecule has 0 saturated carbocycles. The molecular formula is C27H24FN3O3. The second-order valence-corrected chi connectivity index (χ2v) is 9.06. The number of rotatable bonds is 6. The molecular weight excluding hydrogens is 433 g/mol. The van der Waals surface area contributed by atoms with E-state index < -0.39 is 11.4 Å². The van der Waals surface area contributed by atoms with Crippen LogP contribution in [0.15, 0.2) is 66.9 Å². The molecule has 0 fully saturated rings. The summed E-state index contributed by atoms with van der Waals surface area (Å²) in [6.07, 6.45) is 1.78. The zero-order chi connectivity index (χ0) is 24.0. The molecule has 0 amide bonds. The van der Waals surface area contributed by atoms with E-state index in [2.05, 4.69) is 40.7 Å². The van der Waals surface area contributed by atoms with Crippen LogP contribution in [0.5, 0.6) is 0 Å². The number of carboxylic acid groups (broad SMARTS) is 1. The highest BCUT2D eigenvalue weighted by Gasteiger charge is 2.32. The molecule has 0 bridgehead atoms. The lowest BCUT2D eigenvalue weighted by molar-refractivity contribution is 0.0697. The van der Waals surface area contributed by atoms with Crippen molar-refractivity contribution in [2.75, 3.05) is 13.7 Å². The largest absolute Gasteiger partial charge is 0.478 e. The van der Waals surface area contributed by atoms with Gasteiger partial charge in [0, 0.05) is 40.2 Å². The Labute approximate surface area is 195 Å². The van der Waals surface area contributed by atoms with Crippen LogP contribution in [0.1, 0.15) is 29.9 Å². The van der Waals surface area contributed by atoms with Gasteiger partial charge >= 0.3 is 5.97 Å². The Balaban J connectivity index is 1.93. The summed E-state index contributed by atoms with van der Waals surface area (Å²) in [4.78, 5) is 11.4. The first-order valence-electron chi connectivity index (χ1n) is 10.9. The highest BCUT2D eigenvalue weighted by molar-refractivity contribution is 6.06. The number of carbonyl (C=O) groups is 1. The summed E-state index contributed by atoms with van der Waals surface area (Å²) in [6.45, 7) is 4.66. The number of aromatic amines is 1. The van der Waals surface area contributed by atoms with Crippen molar-refractivity contribution in [2.24, 2.45) is 0 Å². The maximum Gasteiger partial charge on any atom is 0.335 e. The summed E-state index contributed by atoms with van der Waals surface area (Å²) in [5.41, 5.74) is 5.28. The van der Waals surface area contributed by atoms with Crippen molar-refractivity contribution < 1.29 is 19.0 Å². The number of nitrogens with one attached hydrogen (secondary N) is 1. The fraction of sp³-hybridized carbons (Fsp3) is 0.185. The number of hydrogen-bond acceptors (Lipinski definition) is 3. The standard InChI is InChI=1S/C27H24FN3O3/c1-27(2,15-34-3)25-24(16-4-6-17(7-5-16)26(32)33)21-13-22-18(14-29-30-22)12-23(21)31(25)20-10-8-19(28)9-11-20/h4-14H,15H2,1-3H3,(H,29,30)(H,32,33). The third kappa shape index (κ3) is 3.54. The van der Waals surface area contributed by atoms with Crippen molar-refractivity contribution in [1.29, 1.82) is 0 Å². The summed E-state index contributed by atoms with van der Waals surface area (Å²) in [5.74, 6) is -1.28. The monoisotopic (exact) mass is 457 g/mol. The van der Waals surface area contributed by atoms with E-state index in [-0.39, 0.29) is 11.4 Å². The third-order valence-electron chi connectivity index (χ3n) is 6.18. The van der Waals surface area contributed by atoms with Gasteiger partial charge in [-0.3, -0.25) is 5.10 Å². The SMILES string of the molecule is COCC(C)(C)c1c(-c2ccc(C(=O)O)cc2)c2cc3[nH]ncc3cc2n1-c1ccc(F)cc1. The van der Waals surface area contributed by atoms with Gasteiger partial charge in [-0.1, -0.05) is 26.0 Å². The Morgan fingerprint density at radius 2 is 1.82 bits per heavy atom. The van der Waals surface area contributed by atoms with Crippen LogP contribution in [-0.2, 0) is 10.2 Å². The Bertz CT molecular complexity index is 1510. The molecule has 0 unspecified atom stereocenters. The minimum Gasteiger partial charge on any atom is -0.478 e. The normalized spacial score (nSPS) is 12.0. The molecule has 34 heavy (non-hydrogen) atoms. The first kappa shape index (κ1) is 21.9. The van der Waals surface area contributed by atoms with Crippen LogP contribution < -0.4 is 0 Å². The van der Waals surface area contributed by atoms with Gasteiger partial charge in [-0.25, -0.2) is 9.18 Å². The molecule has 0 aliphatic carbocycles. The number of methoxy groups -OCH3 is 1. The first-order chi connectivity index (χ1) is 16.3. The van der Waals surface area contributed by atoms with Gasteiger partial charge in [-0.15, -0.1) is 0 Å². The Kier molecular flexibility index (Phi) is 5.21. The van der Waals surface area contributed by atoms with E-state index in [1.165, 1.54) is 12.1 Å². The second-order valence-electron chi connectivity index (χ2n) is 9.06. The second kappa shape index (κ2) is 8.11. The van der Waals surface area contributed by atoms with Gasteiger partial charge in [-0.05, 0) is 54.1 Å². The summed E-state index contributed by atoms with van der Waals surface area (Å²) in [5, 5.41) is 18.5. The number of fused-ring (bicyclic) bond motifs is 2. The average molecular weight is 458 g/mol. The van der Waals surface area contributed by atoms with Crippen molar-refractivity contribution >= 4 is 27.8 Å². The van der Waals surface area contributed by atoms with Crippen molar-refractivity contribution in [3.8, 4) is 16.8 Å². The summed E-state index contributed by atoms with van der Waals surface area (Å²) >= 11 is 0. The van der Waals surface area contributed by atoms with Gasteiger partial charge in [0.05, 0.1) is 29.4 Å². The molecule has 0 spiro atoms. The molecule has 3 aromatic carbocycles. The lowest BCUT2D eigenvalue weighted by atomic mass is 9.84. The molecule has 2 aromatic heterocycles. The van der Waals surface area contributed by atoms with E-state index in [0.717, 1.165) is 44.3 Å². The molecule has 0 radical (unpaired) electrons. The molecule has 5 rings (SSSR count). The van der Waals surface area contributed by atoms with Gasteiger partial charge in [0.15, 0.2) is 0 Å². The fourth-order valence-corrected chi connectivity index (χ4v) is 4.72. The highest BCUT2D eigenvalue weighted by atomic mass is 19.1. The quantitative estimate of drug-likeness (QED) is 0.331. The Morgan fingerprint density at radius 3 is 2.47 bits per heavy atom. The van der Waals surface area contributed by atoms with Gasteiger partial charge in [0.2, 0.25) is 0 Å². The number of carboxylic acids is 1. The van der Waals surface area contributed by atoms with Crippen LogP contribution in [0.4, 0.5) is 4.39 Å². The number of ether oxygens (including phenoxy) is 1. The van der Waals surface area contributed by atoms with Gasteiger partial charge < -0.3 is 14.4 Å². The number of benzene rings is 3. The Morgan fingerprint density at radius 1 is 1.12 bits per heavy atom. The van der Waals surface area contributed by atoms with Crippen LogP contribution in [0.2, 0.25) is 0 Å². The topological polar surface area (TPSA) is 80.1 Å². The minimum atomic E-state index is -0.973. The molecule has 0 aliphatic heterocycles. The van der Waals surface area contributed by atoms with Crippen LogP contribution in [0.3, 0.4) is 0 Å². The predicted molar refractivity (Wildman–Crippen MR) is 130 cm³/mol. The van der Waals surface area contributed by atoms with E-state index in [1.807, 2.05) is 12.1 Å². The van der Waals surface area contributed by atoms with E-state index >= 15 is 0 Å². The number of H-pyrrole nitrogens is 1. The number of hydrogen-bond donors (Lipinski definition) is 2. The highest BCUT2D eigenvalue weighted by Crippen LogP contribution is 2.44. The number of aromatic carboxylic acids is 1.